The van der Waals surface area contributed by atoms with E-state index in [2.05, 4.69) is 4.74 Å². The van der Waals surface area contributed by atoms with Crippen molar-refractivity contribution in [1.29, 1.82) is 0 Å². The number of alkyl halides is 3. The minimum absolute atomic E-state index is 0.0827. The van der Waals surface area contributed by atoms with Gasteiger partial charge in [0.2, 0.25) is 0 Å². The molecule has 0 fully saturated rings. The van der Waals surface area contributed by atoms with Gasteiger partial charge in [-0.05, 0) is 6.92 Å². The Morgan fingerprint density at radius 2 is 1.56 bits per heavy atom. The Morgan fingerprint density at radius 1 is 1.11 bits per heavy atom. The van der Waals surface area contributed by atoms with Crippen LogP contribution in [0.2, 0.25) is 18.1 Å². The lowest BCUT2D eigenvalue weighted by Crippen LogP contribution is -2.42. The Balaban J connectivity index is 5.55. The maximum absolute atomic E-state index is 13.1. The van der Waals surface area contributed by atoms with Crippen molar-refractivity contribution in [2.24, 2.45) is 0 Å². The molecule has 0 aliphatic carbocycles. The molecule has 0 rings (SSSR count). The van der Waals surface area contributed by atoms with E-state index < -0.39 is 25.4 Å². The van der Waals surface area contributed by atoms with Gasteiger partial charge in [0.1, 0.15) is 0 Å². The number of allylic oxidation sites excluding steroid dienone is 1. The molecule has 0 saturated heterocycles. The summed E-state index contributed by atoms with van der Waals surface area (Å²) in [7, 11) is -2.64. The van der Waals surface area contributed by atoms with E-state index in [9.17, 15) is 18.0 Å². The number of halogens is 3. The zero-order chi connectivity index (χ0) is 14.4. The normalized spacial score (nSPS) is 13.6. The molecule has 0 aromatic heterocycles. The lowest BCUT2D eigenvalue weighted by Gasteiger charge is -2.32. The monoisotopic (exact) mass is 282 g/mol. The van der Waals surface area contributed by atoms with E-state index in [1.165, 1.54) is 0 Å². The van der Waals surface area contributed by atoms with Crippen LogP contribution in [-0.2, 0) is 9.53 Å². The maximum atomic E-state index is 13.1. The van der Waals surface area contributed by atoms with Gasteiger partial charge in [-0.2, -0.15) is 13.2 Å². The Labute approximate surface area is 107 Å². The van der Waals surface area contributed by atoms with Crippen LogP contribution in [0, 0.1) is 0 Å². The number of carbonyl (C=O) groups excluding carboxylic acids is 1. The van der Waals surface area contributed by atoms with Gasteiger partial charge in [-0.15, -0.1) is 0 Å². The van der Waals surface area contributed by atoms with Gasteiger partial charge in [-0.1, -0.05) is 38.9 Å². The molecule has 0 aliphatic rings. The molecule has 18 heavy (non-hydrogen) atoms. The first-order valence-corrected chi connectivity index (χ1v) is 8.85. The third-order valence-electron chi connectivity index (χ3n) is 3.46. The van der Waals surface area contributed by atoms with Gasteiger partial charge < -0.3 is 4.74 Å². The summed E-state index contributed by atoms with van der Waals surface area (Å²) in [6, 6.07) is 1.43. The largest absolute Gasteiger partial charge is 0.463 e. The summed E-state index contributed by atoms with van der Waals surface area (Å²) < 4.78 is 44.0. The number of ether oxygens (including phenoxy) is 1. The van der Waals surface area contributed by atoms with Crippen LogP contribution in [-0.4, -0.2) is 26.8 Å². The molecule has 0 spiro atoms. The second kappa shape index (κ2) is 6.97. The Morgan fingerprint density at radius 3 is 1.83 bits per heavy atom. The summed E-state index contributed by atoms with van der Waals surface area (Å²) in [4.78, 5) is 11.3. The average molecular weight is 282 g/mol. The standard InChI is InChI=1S/C12H21F3O2Si/c1-5-17-11(16)9-10(12(13,14)15)18(6-2,7-3)8-4/h9H,5-8H2,1-4H3/b10-9+. The van der Waals surface area contributed by atoms with E-state index in [0.29, 0.717) is 24.2 Å². The number of hydrogen-bond donors (Lipinski definition) is 0. The third-order valence-corrected chi connectivity index (χ3v) is 9.09. The molecule has 0 amide bonds. The van der Waals surface area contributed by atoms with Crippen LogP contribution in [0.25, 0.3) is 0 Å². The molecule has 0 aliphatic heterocycles. The molecule has 0 heterocycles. The number of rotatable bonds is 6. The molecule has 106 valence electrons. The second-order valence-corrected chi connectivity index (χ2v) is 9.37. The number of carbonyl (C=O) groups is 1. The molecule has 0 radical (unpaired) electrons. The van der Waals surface area contributed by atoms with Crippen molar-refractivity contribution in [1.82, 2.24) is 0 Å². The first-order chi connectivity index (χ1) is 8.27. The van der Waals surface area contributed by atoms with Crippen molar-refractivity contribution in [2.45, 2.75) is 52.0 Å². The zero-order valence-corrected chi connectivity index (χ0v) is 12.4. The van der Waals surface area contributed by atoms with Crippen molar-refractivity contribution in [3.8, 4) is 0 Å². The average Bonchev–Trinajstić information content (AvgIpc) is 2.29. The van der Waals surface area contributed by atoms with E-state index >= 15 is 0 Å². The minimum atomic E-state index is -4.44. The summed E-state index contributed by atoms with van der Waals surface area (Å²) in [6.07, 6.45) is -3.77. The quantitative estimate of drug-likeness (QED) is 0.417. The topological polar surface area (TPSA) is 26.3 Å². The fourth-order valence-corrected chi connectivity index (χ4v) is 5.83. The summed E-state index contributed by atoms with van der Waals surface area (Å²) in [6.45, 7) is 6.96. The summed E-state index contributed by atoms with van der Waals surface area (Å²) in [5.41, 5.74) is 0. The van der Waals surface area contributed by atoms with Crippen LogP contribution >= 0.6 is 0 Å². The van der Waals surface area contributed by atoms with Crippen molar-refractivity contribution in [3.63, 3.8) is 0 Å². The second-order valence-electron chi connectivity index (χ2n) is 4.15. The minimum Gasteiger partial charge on any atom is -0.463 e. The van der Waals surface area contributed by atoms with E-state index in [1.807, 2.05) is 0 Å². The fraction of sp³-hybridized carbons (Fsp3) is 0.750. The van der Waals surface area contributed by atoms with Gasteiger partial charge in [0.15, 0.2) is 0 Å². The lowest BCUT2D eigenvalue weighted by atomic mass is 10.5. The molecule has 2 nitrogen and oxygen atoms in total. The van der Waals surface area contributed by atoms with Gasteiger partial charge in [-0.3, -0.25) is 0 Å². The van der Waals surface area contributed by atoms with Crippen LogP contribution in [0.5, 0.6) is 0 Å². The van der Waals surface area contributed by atoms with E-state index in [1.54, 1.807) is 27.7 Å². The third kappa shape index (κ3) is 4.15. The summed E-state index contributed by atoms with van der Waals surface area (Å²) in [5, 5.41) is -0.638. The zero-order valence-electron chi connectivity index (χ0n) is 11.4. The van der Waals surface area contributed by atoms with E-state index in [0.717, 1.165) is 0 Å². The van der Waals surface area contributed by atoms with E-state index in [4.69, 9.17) is 0 Å². The number of esters is 1. The highest BCUT2D eigenvalue weighted by Crippen LogP contribution is 2.39. The van der Waals surface area contributed by atoms with Crippen molar-refractivity contribution < 1.29 is 22.7 Å². The Bertz CT molecular complexity index is 299. The van der Waals surface area contributed by atoms with Crippen LogP contribution in [0.15, 0.2) is 11.3 Å². The van der Waals surface area contributed by atoms with Gasteiger partial charge in [0.05, 0.1) is 14.7 Å². The molecule has 0 bridgehead atoms. The molecule has 0 unspecified atom stereocenters. The SMILES string of the molecule is CCOC(=O)/C=C(\C(F)(F)F)[Si](CC)(CC)CC. The lowest BCUT2D eigenvalue weighted by molar-refractivity contribution is -0.138. The smallest absolute Gasteiger partial charge is 0.409 e. The van der Waals surface area contributed by atoms with Gasteiger partial charge in [0.25, 0.3) is 0 Å². The Kier molecular flexibility index (Phi) is 6.66. The Hall–Kier alpha value is -0.783. The van der Waals surface area contributed by atoms with Crippen LogP contribution in [0.4, 0.5) is 13.2 Å². The molecule has 0 aromatic carbocycles. The van der Waals surface area contributed by atoms with Gasteiger partial charge in [-0.25, -0.2) is 4.79 Å². The summed E-state index contributed by atoms with van der Waals surface area (Å²) >= 11 is 0. The molecule has 0 aromatic rings. The molecule has 6 heteroatoms. The molecule has 0 saturated carbocycles. The van der Waals surface area contributed by atoms with Crippen LogP contribution in [0.3, 0.4) is 0 Å². The first kappa shape index (κ1) is 17.2. The molecular weight excluding hydrogens is 261 g/mol. The van der Waals surface area contributed by atoms with Gasteiger partial charge >= 0.3 is 12.1 Å². The molecular formula is C12H21F3O2Si. The van der Waals surface area contributed by atoms with Crippen molar-refractivity contribution in [3.05, 3.63) is 11.3 Å². The fourth-order valence-electron chi connectivity index (χ4n) is 2.16. The van der Waals surface area contributed by atoms with Crippen LogP contribution < -0.4 is 0 Å². The first-order valence-electron chi connectivity index (χ1n) is 6.23. The maximum Gasteiger partial charge on any atom is 0.409 e. The highest BCUT2D eigenvalue weighted by atomic mass is 28.3. The van der Waals surface area contributed by atoms with E-state index in [-0.39, 0.29) is 6.61 Å². The van der Waals surface area contributed by atoms with Crippen LogP contribution in [0.1, 0.15) is 27.7 Å². The molecule has 0 N–H and O–H groups in total. The van der Waals surface area contributed by atoms with Gasteiger partial charge in [0, 0.05) is 11.3 Å². The highest BCUT2D eigenvalue weighted by Gasteiger charge is 2.47. The highest BCUT2D eigenvalue weighted by molar-refractivity contribution is 6.86. The number of hydrogen-bond acceptors (Lipinski definition) is 2. The van der Waals surface area contributed by atoms with Crippen molar-refractivity contribution in [2.75, 3.05) is 6.61 Å². The predicted molar refractivity (Wildman–Crippen MR) is 68.0 cm³/mol. The predicted octanol–water partition coefficient (Wildman–Crippen LogP) is 4.09. The van der Waals surface area contributed by atoms with Crippen molar-refractivity contribution >= 4 is 14.0 Å². The molecule has 0 atom stereocenters. The summed E-state index contributed by atoms with van der Waals surface area (Å²) in [5.74, 6) is -0.892.